The Morgan fingerprint density at radius 2 is 1.85 bits per heavy atom. The van der Waals surface area contributed by atoms with Crippen molar-refractivity contribution in [1.29, 1.82) is 0 Å². The fourth-order valence-corrected chi connectivity index (χ4v) is 3.56. The summed E-state index contributed by atoms with van der Waals surface area (Å²) in [6.07, 6.45) is 0. The molecule has 0 spiro atoms. The molecule has 5 heteroatoms. The molecule has 0 atom stereocenters. The lowest BCUT2D eigenvalue weighted by molar-refractivity contribution is 0.270. The summed E-state index contributed by atoms with van der Waals surface area (Å²) in [5, 5.41) is 0.706. The van der Waals surface area contributed by atoms with E-state index in [1.54, 1.807) is 0 Å². The summed E-state index contributed by atoms with van der Waals surface area (Å²) in [7, 11) is 0. The molecule has 0 unspecified atom stereocenters. The maximum Gasteiger partial charge on any atom is 0.148 e. The van der Waals surface area contributed by atoms with Crippen molar-refractivity contribution in [2.24, 2.45) is 0 Å². The number of likely N-dealkylation sites (N-methyl/N-ethyl adjacent to an activating group) is 1. The molecule has 0 N–H and O–H groups in total. The van der Waals surface area contributed by atoms with Crippen molar-refractivity contribution in [2.75, 3.05) is 19.6 Å². The Labute approximate surface area is 166 Å². The van der Waals surface area contributed by atoms with Gasteiger partial charge in [0, 0.05) is 18.1 Å². The molecule has 0 bridgehead atoms. The van der Waals surface area contributed by atoms with Gasteiger partial charge in [-0.2, -0.15) is 0 Å². The number of imidazole rings is 1. The van der Waals surface area contributed by atoms with Crippen LogP contribution in [0.25, 0.3) is 11.0 Å². The normalized spacial score (nSPS) is 11.5. The summed E-state index contributed by atoms with van der Waals surface area (Å²) in [6, 6.07) is 12.1. The average molecular weight is 386 g/mol. The molecule has 3 aromatic rings. The van der Waals surface area contributed by atoms with Crippen molar-refractivity contribution in [1.82, 2.24) is 14.5 Å². The van der Waals surface area contributed by atoms with E-state index in [9.17, 15) is 0 Å². The molecule has 3 rings (SSSR count). The van der Waals surface area contributed by atoms with Gasteiger partial charge in [-0.05, 0) is 56.8 Å². The number of hydrogen-bond donors (Lipinski definition) is 0. The van der Waals surface area contributed by atoms with Gasteiger partial charge in [-0.25, -0.2) is 4.98 Å². The number of halogens is 1. The van der Waals surface area contributed by atoms with E-state index in [2.05, 4.69) is 49.3 Å². The van der Waals surface area contributed by atoms with Crippen LogP contribution >= 0.6 is 11.6 Å². The third-order valence-electron chi connectivity index (χ3n) is 5.01. The minimum Gasteiger partial charge on any atom is -0.485 e. The Kier molecular flexibility index (Phi) is 6.40. The lowest BCUT2D eigenvalue weighted by atomic mass is 10.1. The second-order valence-corrected chi connectivity index (χ2v) is 7.33. The fourth-order valence-electron chi connectivity index (χ4n) is 3.40. The molecule has 0 fully saturated rings. The molecule has 0 amide bonds. The Bertz CT molecular complexity index is 915. The first-order valence-electron chi connectivity index (χ1n) is 9.58. The Balaban J connectivity index is 1.87. The third-order valence-corrected chi connectivity index (χ3v) is 5.25. The van der Waals surface area contributed by atoms with Crippen LogP contribution in [0.3, 0.4) is 0 Å². The van der Waals surface area contributed by atoms with Crippen LogP contribution in [0.15, 0.2) is 36.4 Å². The van der Waals surface area contributed by atoms with Crippen molar-refractivity contribution >= 4 is 22.6 Å². The molecule has 4 nitrogen and oxygen atoms in total. The average Bonchev–Trinajstić information content (AvgIpc) is 2.98. The van der Waals surface area contributed by atoms with Crippen LogP contribution in [-0.2, 0) is 13.2 Å². The number of rotatable bonds is 8. The van der Waals surface area contributed by atoms with E-state index in [1.165, 1.54) is 5.56 Å². The molecule has 1 heterocycles. The predicted octanol–water partition coefficient (Wildman–Crippen LogP) is 5.23. The lowest BCUT2D eigenvalue weighted by Crippen LogP contribution is -2.27. The first-order valence-corrected chi connectivity index (χ1v) is 9.96. The summed E-state index contributed by atoms with van der Waals surface area (Å²) >= 11 is 6.17. The van der Waals surface area contributed by atoms with Gasteiger partial charge in [-0.1, -0.05) is 43.1 Å². The van der Waals surface area contributed by atoms with Gasteiger partial charge in [0.15, 0.2) is 0 Å². The van der Waals surface area contributed by atoms with Gasteiger partial charge >= 0.3 is 0 Å². The standard InChI is InChI=1S/C22H28ClN3O/c1-5-25(6-2)11-12-26-20-9-8-18(23)14-19(20)24-22(26)15-27-21-10-7-16(3)13-17(21)4/h7-10,13-14H,5-6,11-12,15H2,1-4H3. The number of aryl methyl sites for hydroxylation is 2. The van der Waals surface area contributed by atoms with Crippen LogP contribution < -0.4 is 4.74 Å². The van der Waals surface area contributed by atoms with Crippen LogP contribution in [0.2, 0.25) is 5.02 Å². The highest BCUT2D eigenvalue weighted by atomic mass is 35.5. The van der Waals surface area contributed by atoms with Gasteiger partial charge in [0.05, 0.1) is 11.0 Å². The summed E-state index contributed by atoms with van der Waals surface area (Å²) < 4.78 is 8.37. The van der Waals surface area contributed by atoms with E-state index >= 15 is 0 Å². The topological polar surface area (TPSA) is 30.3 Å². The van der Waals surface area contributed by atoms with E-state index in [1.807, 2.05) is 24.3 Å². The minimum absolute atomic E-state index is 0.439. The molecule has 27 heavy (non-hydrogen) atoms. The van der Waals surface area contributed by atoms with Crippen LogP contribution in [0.1, 0.15) is 30.8 Å². The molecule has 0 aliphatic carbocycles. The van der Waals surface area contributed by atoms with Gasteiger partial charge in [0.1, 0.15) is 18.2 Å². The van der Waals surface area contributed by atoms with Crippen LogP contribution in [-0.4, -0.2) is 34.1 Å². The molecule has 0 aliphatic heterocycles. The summed E-state index contributed by atoms with van der Waals surface area (Å²) in [5.74, 6) is 1.83. The van der Waals surface area contributed by atoms with Crippen LogP contribution in [0, 0.1) is 13.8 Å². The van der Waals surface area contributed by atoms with E-state index < -0.39 is 0 Å². The van der Waals surface area contributed by atoms with Gasteiger partial charge in [0.25, 0.3) is 0 Å². The number of nitrogens with zero attached hydrogens (tertiary/aromatic N) is 3. The SMILES string of the molecule is CCN(CC)CCn1c(COc2ccc(C)cc2C)nc2cc(Cl)ccc21. The molecular weight excluding hydrogens is 358 g/mol. The Morgan fingerprint density at radius 1 is 1.07 bits per heavy atom. The van der Waals surface area contributed by atoms with E-state index in [0.29, 0.717) is 11.6 Å². The highest BCUT2D eigenvalue weighted by molar-refractivity contribution is 6.31. The maximum absolute atomic E-state index is 6.17. The maximum atomic E-state index is 6.17. The molecule has 0 radical (unpaired) electrons. The Morgan fingerprint density at radius 3 is 2.56 bits per heavy atom. The number of aromatic nitrogens is 2. The second-order valence-electron chi connectivity index (χ2n) is 6.90. The summed E-state index contributed by atoms with van der Waals surface area (Å²) in [4.78, 5) is 7.21. The summed E-state index contributed by atoms with van der Waals surface area (Å²) in [6.45, 7) is 12.9. The molecule has 0 aliphatic rings. The lowest BCUT2D eigenvalue weighted by Gasteiger charge is -2.19. The van der Waals surface area contributed by atoms with E-state index in [4.69, 9.17) is 21.3 Å². The van der Waals surface area contributed by atoms with Crippen LogP contribution in [0.5, 0.6) is 5.75 Å². The minimum atomic E-state index is 0.439. The van der Waals surface area contributed by atoms with Gasteiger partial charge in [-0.15, -0.1) is 0 Å². The molecule has 0 saturated heterocycles. The van der Waals surface area contributed by atoms with Gasteiger partial charge < -0.3 is 14.2 Å². The zero-order valence-corrected chi connectivity index (χ0v) is 17.4. The van der Waals surface area contributed by atoms with Crippen molar-refractivity contribution in [2.45, 2.75) is 40.8 Å². The van der Waals surface area contributed by atoms with Crippen molar-refractivity contribution in [3.63, 3.8) is 0 Å². The number of ether oxygens (including phenoxy) is 1. The highest BCUT2D eigenvalue weighted by Gasteiger charge is 2.13. The first-order chi connectivity index (χ1) is 13.0. The van der Waals surface area contributed by atoms with Gasteiger partial charge in [0.2, 0.25) is 0 Å². The largest absolute Gasteiger partial charge is 0.485 e. The van der Waals surface area contributed by atoms with Crippen molar-refractivity contribution in [3.05, 3.63) is 58.4 Å². The molecule has 1 aromatic heterocycles. The van der Waals surface area contributed by atoms with E-state index in [0.717, 1.165) is 54.3 Å². The zero-order valence-electron chi connectivity index (χ0n) is 16.6. The van der Waals surface area contributed by atoms with Gasteiger partial charge in [-0.3, -0.25) is 0 Å². The quantitative estimate of drug-likeness (QED) is 0.532. The Hall–Kier alpha value is -2.04. The number of benzene rings is 2. The smallest absolute Gasteiger partial charge is 0.148 e. The zero-order chi connectivity index (χ0) is 19.4. The van der Waals surface area contributed by atoms with Crippen molar-refractivity contribution in [3.8, 4) is 5.75 Å². The van der Waals surface area contributed by atoms with E-state index in [-0.39, 0.29) is 0 Å². The highest BCUT2D eigenvalue weighted by Crippen LogP contribution is 2.23. The fraction of sp³-hybridized carbons (Fsp3) is 0.409. The summed E-state index contributed by atoms with van der Waals surface area (Å²) in [5.41, 5.74) is 4.40. The first kappa shape index (κ1) is 19.7. The number of hydrogen-bond acceptors (Lipinski definition) is 3. The second kappa shape index (κ2) is 8.77. The van der Waals surface area contributed by atoms with Crippen molar-refractivity contribution < 1.29 is 4.74 Å². The third kappa shape index (κ3) is 4.63. The molecule has 0 saturated carbocycles. The predicted molar refractivity (Wildman–Crippen MR) is 113 cm³/mol. The monoisotopic (exact) mass is 385 g/mol. The number of fused-ring (bicyclic) bond motifs is 1. The molecule has 144 valence electrons. The molecular formula is C22H28ClN3O. The molecule has 2 aromatic carbocycles. The van der Waals surface area contributed by atoms with Crippen LogP contribution in [0.4, 0.5) is 0 Å².